The Morgan fingerprint density at radius 1 is 1.55 bits per heavy atom. The molecule has 7 heteroatoms. The van der Waals surface area contributed by atoms with Gasteiger partial charge in [0.15, 0.2) is 0 Å². The van der Waals surface area contributed by atoms with Gasteiger partial charge in [-0.05, 0) is 31.2 Å². The maximum atomic E-state index is 12.5. The molecular weight excluding hydrogens is 276 g/mol. The van der Waals surface area contributed by atoms with E-state index in [0.717, 1.165) is 29.8 Å². The Morgan fingerprint density at radius 3 is 3.05 bits per heavy atom. The summed E-state index contributed by atoms with van der Waals surface area (Å²) in [4.78, 5) is 29.2. The van der Waals surface area contributed by atoms with Crippen molar-refractivity contribution in [3.63, 3.8) is 0 Å². The lowest BCUT2D eigenvalue weighted by Crippen LogP contribution is -2.39. The van der Waals surface area contributed by atoms with E-state index in [1.807, 2.05) is 23.3 Å². The van der Waals surface area contributed by atoms with Crippen molar-refractivity contribution in [1.82, 2.24) is 20.1 Å². The highest BCUT2D eigenvalue weighted by atomic mass is 32.1. The Balaban J connectivity index is 1.77. The summed E-state index contributed by atoms with van der Waals surface area (Å²) in [7, 11) is 0. The molecule has 106 valence electrons. The average Bonchev–Trinajstić information content (AvgIpc) is 3.07. The molecule has 0 aliphatic carbocycles. The summed E-state index contributed by atoms with van der Waals surface area (Å²) < 4.78 is 0. The van der Waals surface area contributed by atoms with E-state index in [1.54, 1.807) is 11.3 Å². The summed E-state index contributed by atoms with van der Waals surface area (Å²) in [6, 6.07) is 1.88. The summed E-state index contributed by atoms with van der Waals surface area (Å²) in [6.45, 7) is 3.33. The summed E-state index contributed by atoms with van der Waals surface area (Å²) in [5, 5.41) is 8.31. The van der Waals surface area contributed by atoms with Crippen LogP contribution in [0.5, 0.6) is 0 Å². The van der Waals surface area contributed by atoms with Gasteiger partial charge in [0.2, 0.25) is 0 Å². The van der Waals surface area contributed by atoms with Crippen LogP contribution >= 0.6 is 11.3 Å². The van der Waals surface area contributed by atoms with E-state index < -0.39 is 0 Å². The van der Waals surface area contributed by atoms with Crippen LogP contribution in [0.3, 0.4) is 0 Å². The number of nitrogens with zero attached hydrogens (tertiary/aromatic N) is 2. The number of aromatic amines is 2. The second kappa shape index (κ2) is 5.24. The molecule has 0 saturated carbocycles. The van der Waals surface area contributed by atoms with E-state index in [4.69, 9.17) is 0 Å². The van der Waals surface area contributed by atoms with Crippen LogP contribution in [-0.2, 0) is 0 Å². The second-order valence-electron chi connectivity index (χ2n) is 5.04. The molecule has 1 atom stereocenters. The first-order valence-electron chi connectivity index (χ1n) is 6.63. The summed E-state index contributed by atoms with van der Waals surface area (Å²) in [6.07, 6.45) is 1.86. The molecule has 1 aliphatic rings. The number of nitrogens with one attached hydrogen (secondary N) is 2. The van der Waals surface area contributed by atoms with Crippen LogP contribution in [-0.4, -0.2) is 39.1 Å². The van der Waals surface area contributed by atoms with E-state index in [0.29, 0.717) is 12.4 Å². The molecule has 1 unspecified atom stereocenters. The molecule has 0 radical (unpaired) electrons. The molecular formula is C13H16N4O2S. The number of carbonyl (C=O) groups is 1. The van der Waals surface area contributed by atoms with Crippen LogP contribution < -0.4 is 5.69 Å². The van der Waals surface area contributed by atoms with Crippen molar-refractivity contribution < 1.29 is 4.79 Å². The van der Waals surface area contributed by atoms with Crippen LogP contribution in [0, 0.1) is 6.92 Å². The number of H-pyrrole nitrogens is 2. The zero-order valence-corrected chi connectivity index (χ0v) is 12.0. The zero-order valence-electron chi connectivity index (χ0n) is 11.2. The van der Waals surface area contributed by atoms with E-state index >= 15 is 0 Å². The number of hydrogen-bond acceptors (Lipinski definition) is 4. The second-order valence-corrected chi connectivity index (χ2v) is 6.16. The fourth-order valence-electron chi connectivity index (χ4n) is 2.64. The largest absolute Gasteiger partial charge is 0.340 e. The molecule has 0 bridgehead atoms. The van der Waals surface area contributed by atoms with E-state index in [-0.39, 0.29) is 17.5 Å². The highest BCUT2D eigenvalue weighted by Crippen LogP contribution is 2.26. The Kier molecular flexibility index (Phi) is 3.43. The third-order valence-electron chi connectivity index (χ3n) is 3.70. The average molecular weight is 292 g/mol. The number of aromatic nitrogens is 3. The van der Waals surface area contributed by atoms with Crippen molar-refractivity contribution in [2.75, 3.05) is 13.1 Å². The molecule has 2 aromatic rings. The van der Waals surface area contributed by atoms with E-state index in [1.165, 1.54) is 0 Å². The molecule has 3 heterocycles. The minimum absolute atomic E-state index is 0.0753. The first kappa shape index (κ1) is 13.1. The van der Waals surface area contributed by atoms with Crippen LogP contribution in [0.25, 0.3) is 0 Å². The molecule has 2 N–H and O–H groups in total. The quantitative estimate of drug-likeness (QED) is 0.879. The number of thiophene rings is 1. The SMILES string of the molecule is Cc1sccc1C(=O)N1CCCC(c2n[nH]c(=O)[nH]2)C1. The maximum Gasteiger partial charge on any atom is 0.340 e. The Morgan fingerprint density at radius 2 is 2.40 bits per heavy atom. The number of likely N-dealkylation sites (tertiary alicyclic amines) is 1. The van der Waals surface area contributed by atoms with Gasteiger partial charge in [-0.25, -0.2) is 9.89 Å². The highest BCUT2D eigenvalue weighted by molar-refractivity contribution is 7.10. The van der Waals surface area contributed by atoms with Gasteiger partial charge in [-0.3, -0.25) is 9.78 Å². The topological polar surface area (TPSA) is 81.8 Å². The Labute approximate surface area is 119 Å². The first-order valence-corrected chi connectivity index (χ1v) is 7.51. The lowest BCUT2D eigenvalue weighted by atomic mass is 9.97. The van der Waals surface area contributed by atoms with Crippen LogP contribution in [0.4, 0.5) is 0 Å². The fraction of sp³-hybridized carbons (Fsp3) is 0.462. The van der Waals surface area contributed by atoms with Crippen LogP contribution in [0.1, 0.15) is 39.8 Å². The fourth-order valence-corrected chi connectivity index (χ4v) is 3.33. The monoisotopic (exact) mass is 292 g/mol. The van der Waals surface area contributed by atoms with Gasteiger partial charge in [-0.15, -0.1) is 11.3 Å². The number of aryl methyl sites for hydroxylation is 1. The minimum atomic E-state index is -0.294. The Hall–Kier alpha value is -1.89. The van der Waals surface area contributed by atoms with Gasteiger partial charge in [0, 0.05) is 23.9 Å². The van der Waals surface area contributed by atoms with Gasteiger partial charge >= 0.3 is 5.69 Å². The van der Waals surface area contributed by atoms with Gasteiger partial charge in [0.25, 0.3) is 5.91 Å². The van der Waals surface area contributed by atoms with Gasteiger partial charge in [-0.2, -0.15) is 5.10 Å². The lowest BCUT2D eigenvalue weighted by molar-refractivity contribution is 0.0704. The van der Waals surface area contributed by atoms with Crippen molar-refractivity contribution in [3.05, 3.63) is 38.2 Å². The standard InChI is InChI=1S/C13H16N4O2S/c1-8-10(4-6-20-8)12(18)17-5-2-3-9(7-17)11-14-13(19)16-15-11/h4,6,9H,2-3,5,7H2,1H3,(H2,14,15,16,19). The summed E-state index contributed by atoms with van der Waals surface area (Å²) >= 11 is 1.58. The normalized spacial score (nSPS) is 19.2. The molecule has 1 saturated heterocycles. The van der Waals surface area contributed by atoms with Crippen molar-refractivity contribution in [1.29, 1.82) is 0 Å². The van der Waals surface area contributed by atoms with Crippen LogP contribution in [0.15, 0.2) is 16.2 Å². The van der Waals surface area contributed by atoms with Crippen LogP contribution in [0.2, 0.25) is 0 Å². The highest BCUT2D eigenvalue weighted by Gasteiger charge is 2.28. The van der Waals surface area contributed by atoms with E-state index in [9.17, 15) is 9.59 Å². The molecule has 0 spiro atoms. The van der Waals surface area contributed by atoms with Crippen molar-refractivity contribution in [2.24, 2.45) is 0 Å². The van der Waals surface area contributed by atoms with Gasteiger partial charge < -0.3 is 4.90 Å². The molecule has 20 heavy (non-hydrogen) atoms. The number of amides is 1. The zero-order chi connectivity index (χ0) is 14.1. The maximum absolute atomic E-state index is 12.5. The van der Waals surface area contributed by atoms with Gasteiger partial charge in [-0.1, -0.05) is 0 Å². The minimum Gasteiger partial charge on any atom is -0.338 e. The third-order valence-corrected chi connectivity index (χ3v) is 4.55. The molecule has 3 rings (SSSR count). The van der Waals surface area contributed by atoms with Crippen molar-refractivity contribution in [2.45, 2.75) is 25.7 Å². The Bertz CT molecular complexity index is 672. The number of piperidine rings is 1. The molecule has 6 nitrogen and oxygen atoms in total. The van der Waals surface area contributed by atoms with E-state index in [2.05, 4.69) is 15.2 Å². The number of hydrogen-bond donors (Lipinski definition) is 2. The predicted molar refractivity (Wildman–Crippen MR) is 76.1 cm³/mol. The summed E-state index contributed by atoms with van der Waals surface area (Å²) in [5.41, 5.74) is 0.489. The lowest BCUT2D eigenvalue weighted by Gasteiger charge is -2.31. The third kappa shape index (κ3) is 2.40. The molecule has 1 fully saturated rings. The molecule has 0 aromatic carbocycles. The van der Waals surface area contributed by atoms with Gasteiger partial charge in [0.05, 0.1) is 5.56 Å². The van der Waals surface area contributed by atoms with Gasteiger partial charge in [0.1, 0.15) is 5.82 Å². The molecule has 2 aromatic heterocycles. The predicted octanol–water partition coefficient (Wildman–Crippen LogP) is 1.49. The van der Waals surface area contributed by atoms with Crippen molar-refractivity contribution in [3.8, 4) is 0 Å². The molecule has 1 aliphatic heterocycles. The molecule has 1 amide bonds. The summed E-state index contributed by atoms with van der Waals surface area (Å²) in [5.74, 6) is 0.825. The number of rotatable bonds is 2. The van der Waals surface area contributed by atoms with Crippen molar-refractivity contribution >= 4 is 17.2 Å². The first-order chi connectivity index (χ1) is 9.65. The number of carbonyl (C=O) groups excluding carboxylic acids is 1. The smallest absolute Gasteiger partial charge is 0.338 e.